The summed E-state index contributed by atoms with van der Waals surface area (Å²) in [6, 6.07) is 0. The molecule has 5 aliphatic rings. The molecule has 3 heteroatoms. The van der Waals surface area contributed by atoms with Crippen LogP contribution in [0.2, 0.25) is 0 Å². The lowest BCUT2D eigenvalue weighted by Crippen LogP contribution is -2.53. The van der Waals surface area contributed by atoms with E-state index in [1.165, 1.54) is 38.5 Å². The van der Waals surface area contributed by atoms with Gasteiger partial charge in [-0.15, -0.1) is 0 Å². The summed E-state index contributed by atoms with van der Waals surface area (Å²) in [6.07, 6.45) is 14.8. The Morgan fingerprint density at radius 2 is 1.93 bits per heavy atom. The third kappa shape index (κ3) is 3.02. The van der Waals surface area contributed by atoms with Crippen LogP contribution >= 0.6 is 0 Å². The van der Waals surface area contributed by atoms with Crippen molar-refractivity contribution in [1.29, 1.82) is 0 Å². The maximum Gasteiger partial charge on any atom is 0.102 e. The van der Waals surface area contributed by atoms with Crippen molar-refractivity contribution in [2.75, 3.05) is 26.9 Å². The Kier molecular flexibility index (Phi) is 5.24. The average molecular weight is 401 g/mol. The highest BCUT2D eigenvalue weighted by Crippen LogP contribution is 2.67. The summed E-state index contributed by atoms with van der Waals surface area (Å²) < 4.78 is 17.7. The van der Waals surface area contributed by atoms with E-state index in [-0.39, 0.29) is 6.10 Å². The van der Waals surface area contributed by atoms with Gasteiger partial charge in [0.1, 0.15) is 6.10 Å². The van der Waals surface area contributed by atoms with Gasteiger partial charge < -0.3 is 14.2 Å². The molecule has 0 radical (unpaired) electrons. The lowest BCUT2D eigenvalue weighted by molar-refractivity contribution is -0.0938. The molecular weight excluding hydrogens is 360 g/mol. The molecule has 1 heterocycles. The number of hydrogen-bond donors (Lipinski definition) is 0. The fourth-order valence-electron chi connectivity index (χ4n) is 8.15. The zero-order valence-electron chi connectivity index (χ0n) is 18.9. The second kappa shape index (κ2) is 7.50. The molecule has 0 N–H and O–H groups in total. The van der Waals surface area contributed by atoms with E-state index in [0.717, 1.165) is 49.9 Å². The fourth-order valence-corrected chi connectivity index (χ4v) is 8.15. The van der Waals surface area contributed by atoms with Gasteiger partial charge in [-0.2, -0.15) is 0 Å². The average Bonchev–Trinajstić information content (AvgIpc) is 3.10. The molecule has 0 aromatic heterocycles. The zero-order valence-corrected chi connectivity index (χ0v) is 18.9. The monoisotopic (exact) mass is 400 g/mol. The minimum atomic E-state index is 0.192. The van der Waals surface area contributed by atoms with Crippen LogP contribution in [0, 0.1) is 34.5 Å². The number of hydrogen-bond acceptors (Lipinski definition) is 3. The Morgan fingerprint density at radius 1 is 1.10 bits per heavy atom. The molecule has 0 amide bonds. The molecule has 0 bridgehead atoms. The van der Waals surface area contributed by atoms with Crippen molar-refractivity contribution >= 4 is 0 Å². The molecule has 0 aromatic carbocycles. The highest BCUT2D eigenvalue weighted by molar-refractivity contribution is 5.33. The van der Waals surface area contributed by atoms with Crippen LogP contribution in [-0.4, -0.2) is 39.1 Å². The first-order valence-electron chi connectivity index (χ1n) is 12.1. The molecule has 3 unspecified atom stereocenters. The third-order valence-electron chi connectivity index (χ3n) is 9.84. The second-order valence-electron chi connectivity index (χ2n) is 10.9. The first kappa shape index (κ1) is 20.3. The van der Waals surface area contributed by atoms with Crippen LogP contribution in [0.5, 0.6) is 0 Å². The molecule has 1 aliphatic heterocycles. The van der Waals surface area contributed by atoms with E-state index in [2.05, 4.69) is 32.9 Å². The molecule has 2 saturated carbocycles. The van der Waals surface area contributed by atoms with Crippen LogP contribution in [-0.2, 0) is 14.2 Å². The standard InChI is InChI=1S/C26H40O3/c1-5-17-14-18-15-19(27-4)8-10-25(18,2)22-9-11-26(3)20(6-7-21(26)24(17)22)23-16-28-12-13-29-23/h6,14,17,19,21-24H,5,7-13,15-16H2,1-4H3/t17?,19?,21-,22+,23?,24-,25-,26+/m0/s1. The van der Waals surface area contributed by atoms with Crippen molar-refractivity contribution in [3.63, 3.8) is 0 Å². The Labute approximate surface area is 177 Å². The van der Waals surface area contributed by atoms with E-state index < -0.39 is 0 Å². The van der Waals surface area contributed by atoms with Gasteiger partial charge in [-0.05, 0) is 85.0 Å². The van der Waals surface area contributed by atoms with Crippen molar-refractivity contribution in [2.45, 2.75) is 77.9 Å². The van der Waals surface area contributed by atoms with Crippen LogP contribution < -0.4 is 0 Å². The van der Waals surface area contributed by atoms with Crippen LogP contribution in [0.1, 0.15) is 65.7 Å². The Hall–Kier alpha value is -0.640. The number of methoxy groups -OCH3 is 1. The molecule has 4 aliphatic carbocycles. The number of rotatable bonds is 3. The molecule has 8 atom stereocenters. The Balaban J connectivity index is 1.46. The van der Waals surface area contributed by atoms with Gasteiger partial charge in [-0.1, -0.05) is 38.5 Å². The van der Waals surface area contributed by atoms with E-state index in [4.69, 9.17) is 14.2 Å². The third-order valence-corrected chi connectivity index (χ3v) is 9.84. The smallest absolute Gasteiger partial charge is 0.102 e. The van der Waals surface area contributed by atoms with Crippen LogP contribution in [0.3, 0.4) is 0 Å². The van der Waals surface area contributed by atoms with Gasteiger partial charge >= 0.3 is 0 Å². The summed E-state index contributed by atoms with van der Waals surface area (Å²) in [5.74, 6) is 3.13. The predicted octanol–water partition coefficient (Wildman–Crippen LogP) is 5.55. The molecule has 5 rings (SSSR count). The quantitative estimate of drug-likeness (QED) is 0.581. The number of allylic oxidation sites excluding steroid dienone is 2. The van der Waals surface area contributed by atoms with Gasteiger partial charge in [0, 0.05) is 7.11 Å². The van der Waals surface area contributed by atoms with Gasteiger partial charge in [0.25, 0.3) is 0 Å². The fraction of sp³-hybridized carbons (Fsp3) is 0.846. The van der Waals surface area contributed by atoms with Crippen LogP contribution in [0.15, 0.2) is 23.3 Å². The molecular formula is C26H40O3. The highest BCUT2D eigenvalue weighted by atomic mass is 16.6. The number of ether oxygens (including phenoxy) is 3. The zero-order chi connectivity index (χ0) is 20.2. The summed E-state index contributed by atoms with van der Waals surface area (Å²) in [5, 5.41) is 0. The van der Waals surface area contributed by atoms with E-state index in [9.17, 15) is 0 Å². The van der Waals surface area contributed by atoms with E-state index in [0.29, 0.717) is 16.9 Å². The van der Waals surface area contributed by atoms with Crippen LogP contribution in [0.25, 0.3) is 0 Å². The van der Waals surface area contributed by atoms with Gasteiger partial charge in [0.15, 0.2) is 0 Å². The molecule has 1 saturated heterocycles. The first-order valence-corrected chi connectivity index (χ1v) is 12.1. The predicted molar refractivity (Wildman–Crippen MR) is 116 cm³/mol. The summed E-state index contributed by atoms with van der Waals surface area (Å²) in [5.41, 5.74) is 3.98. The van der Waals surface area contributed by atoms with E-state index >= 15 is 0 Å². The molecule has 162 valence electrons. The van der Waals surface area contributed by atoms with Crippen molar-refractivity contribution in [2.24, 2.45) is 34.5 Å². The van der Waals surface area contributed by atoms with E-state index in [1.54, 1.807) is 11.1 Å². The maximum atomic E-state index is 6.18. The SMILES string of the molecule is CCC1C=C2CC(OC)CC[C@]2(C)[C@@H]2CC[C@]3(C)C(C4COCCO4)=CC[C@H]3[C@H]12. The molecule has 3 nitrogen and oxygen atoms in total. The largest absolute Gasteiger partial charge is 0.381 e. The van der Waals surface area contributed by atoms with E-state index in [1.807, 2.05) is 7.11 Å². The second-order valence-corrected chi connectivity index (χ2v) is 10.9. The van der Waals surface area contributed by atoms with Crippen molar-refractivity contribution in [3.05, 3.63) is 23.3 Å². The van der Waals surface area contributed by atoms with Crippen LogP contribution in [0.4, 0.5) is 0 Å². The van der Waals surface area contributed by atoms with Gasteiger partial charge in [-0.25, -0.2) is 0 Å². The number of fused-ring (bicyclic) bond motifs is 5. The molecule has 0 aromatic rings. The van der Waals surface area contributed by atoms with Gasteiger partial charge in [0.2, 0.25) is 0 Å². The first-order chi connectivity index (χ1) is 14.0. The summed E-state index contributed by atoms with van der Waals surface area (Å²) in [6.45, 7) is 9.81. The highest BCUT2D eigenvalue weighted by Gasteiger charge is 2.59. The Bertz CT molecular complexity index is 690. The minimum Gasteiger partial charge on any atom is -0.381 e. The lowest BCUT2D eigenvalue weighted by Gasteiger charge is -2.60. The topological polar surface area (TPSA) is 27.7 Å². The molecule has 3 fully saturated rings. The summed E-state index contributed by atoms with van der Waals surface area (Å²) >= 11 is 0. The summed E-state index contributed by atoms with van der Waals surface area (Å²) in [4.78, 5) is 0. The molecule has 29 heavy (non-hydrogen) atoms. The van der Waals surface area contributed by atoms with Crippen molar-refractivity contribution < 1.29 is 14.2 Å². The lowest BCUT2D eigenvalue weighted by atomic mass is 9.45. The van der Waals surface area contributed by atoms with Gasteiger partial charge in [-0.3, -0.25) is 0 Å². The minimum absolute atomic E-state index is 0.192. The van der Waals surface area contributed by atoms with Gasteiger partial charge in [0.05, 0.1) is 25.9 Å². The van der Waals surface area contributed by atoms with Crippen molar-refractivity contribution in [1.82, 2.24) is 0 Å². The normalized spacial score (nSPS) is 49.5. The van der Waals surface area contributed by atoms with Crippen molar-refractivity contribution in [3.8, 4) is 0 Å². The summed E-state index contributed by atoms with van der Waals surface area (Å²) in [7, 11) is 1.89. The maximum absolute atomic E-state index is 6.18. The molecule has 0 spiro atoms. The Morgan fingerprint density at radius 3 is 2.66 bits per heavy atom.